The summed E-state index contributed by atoms with van der Waals surface area (Å²) in [7, 11) is 4.94. The van der Waals surface area contributed by atoms with Gasteiger partial charge in [0.1, 0.15) is 17.2 Å². The number of nitrogens with zero attached hydrogens (tertiary/aromatic N) is 2. The van der Waals surface area contributed by atoms with Crippen LogP contribution in [0.2, 0.25) is 0 Å². The van der Waals surface area contributed by atoms with Gasteiger partial charge in [-0.25, -0.2) is 0 Å². The Balaban J connectivity index is 1.83. The van der Waals surface area contributed by atoms with Crippen molar-refractivity contribution in [3.63, 3.8) is 0 Å². The number of ether oxygens (including phenoxy) is 3. The van der Waals surface area contributed by atoms with Crippen molar-refractivity contribution < 1.29 is 14.2 Å². The smallest absolute Gasteiger partial charge is 0.174 e. The lowest BCUT2D eigenvalue weighted by atomic mass is 10.1. The van der Waals surface area contributed by atoms with E-state index in [2.05, 4.69) is 65.4 Å². The molecule has 186 valence electrons. The first kappa shape index (κ1) is 26.2. The van der Waals surface area contributed by atoms with Crippen LogP contribution in [0.25, 0.3) is 0 Å². The highest BCUT2D eigenvalue weighted by molar-refractivity contribution is 7.80. The Labute approximate surface area is 214 Å². The summed E-state index contributed by atoms with van der Waals surface area (Å²) < 4.78 is 16.2. The van der Waals surface area contributed by atoms with Gasteiger partial charge in [-0.05, 0) is 73.6 Å². The van der Waals surface area contributed by atoms with E-state index in [1.54, 1.807) is 21.3 Å². The minimum absolute atomic E-state index is 0.608. The lowest BCUT2D eigenvalue weighted by Gasteiger charge is -2.27. The molecule has 0 aliphatic rings. The van der Waals surface area contributed by atoms with Crippen molar-refractivity contribution in [2.24, 2.45) is 0 Å². The van der Waals surface area contributed by atoms with E-state index in [4.69, 9.17) is 26.4 Å². The van der Waals surface area contributed by atoms with Crippen molar-refractivity contribution in [3.05, 3.63) is 77.9 Å². The molecule has 0 saturated carbocycles. The predicted molar refractivity (Wildman–Crippen MR) is 148 cm³/mol. The van der Waals surface area contributed by atoms with Gasteiger partial charge in [0.25, 0.3) is 0 Å². The molecule has 3 aromatic carbocycles. The van der Waals surface area contributed by atoms with Gasteiger partial charge < -0.3 is 29.3 Å². The van der Waals surface area contributed by atoms with Crippen LogP contribution in [-0.2, 0) is 13.1 Å². The van der Waals surface area contributed by atoms with Crippen molar-refractivity contribution in [2.75, 3.05) is 44.6 Å². The van der Waals surface area contributed by atoms with Gasteiger partial charge >= 0.3 is 0 Å². The van der Waals surface area contributed by atoms with E-state index < -0.39 is 0 Å². The number of hydrogen-bond donors (Lipinski definition) is 1. The average Bonchev–Trinajstić information content (AvgIpc) is 2.90. The number of hydrogen-bond acceptors (Lipinski definition) is 5. The van der Waals surface area contributed by atoms with E-state index in [1.165, 1.54) is 11.3 Å². The van der Waals surface area contributed by atoms with Gasteiger partial charge in [-0.15, -0.1) is 0 Å². The largest absolute Gasteiger partial charge is 0.497 e. The molecule has 0 unspecified atom stereocenters. The van der Waals surface area contributed by atoms with Crippen LogP contribution in [0.4, 0.5) is 11.4 Å². The molecule has 1 N–H and O–H groups in total. The molecule has 0 heterocycles. The van der Waals surface area contributed by atoms with Crippen molar-refractivity contribution in [3.8, 4) is 17.2 Å². The van der Waals surface area contributed by atoms with Gasteiger partial charge in [-0.2, -0.15) is 0 Å². The zero-order valence-electron chi connectivity index (χ0n) is 21.2. The molecule has 35 heavy (non-hydrogen) atoms. The van der Waals surface area contributed by atoms with Crippen LogP contribution < -0.4 is 24.4 Å². The zero-order valence-corrected chi connectivity index (χ0v) is 22.0. The van der Waals surface area contributed by atoms with Gasteiger partial charge in [0, 0.05) is 37.9 Å². The van der Waals surface area contributed by atoms with Crippen molar-refractivity contribution in [2.45, 2.75) is 26.9 Å². The minimum Gasteiger partial charge on any atom is -0.497 e. The third-order valence-electron chi connectivity index (χ3n) is 5.91. The van der Waals surface area contributed by atoms with Crippen LogP contribution in [-0.4, -0.2) is 44.4 Å². The average molecular weight is 494 g/mol. The predicted octanol–water partition coefficient (Wildman–Crippen LogP) is 5.96. The Kier molecular flexibility index (Phi) is 9.61. The highest BCUT2D eigenvalue weighted by Gasteiger charge is 2.15. The molecular formula is C28H35N3O3S. The molecule has 0 aliphatic carbocycles. The van der Waals surface area contributed by atoms with Crippen LogP contribution in [0.1, 0.15) is 25.0 Å². The molecule has 0 aromatic heterocycles. The molecular weight excluding hydrogens is 458 g/mol. The van der Waals surface area contributed by atoms with Gasteiger partial charge in [0.2, 0.25) is 0 Å². The fourth-order valence-corrected chi connectivity index (χ4v) is 4.11. The fourth-order valence-electron chi connectivity index (χ4n) is 3.87. The third-order valence-corrected chi connectivity index (χ3v) is 6.27. The van der Waals surface area contributed by atoms with E-state index in [9.17, 15) is 0 Å². The molecule has 6 nitrogen and oxygen atoms in total. The Morgan fingerprint density at radius 2 is 1.29 bits per heavy atom. The minimum atomic E-state index is 0.608. The summed E-state index contributed by atoms with van der Waals surface area (Å²) in [6.45, 7) is 7.62. The second kappa shape index (κ2) is 12.9. The Hall–Kier alpha value is -3.45. The molecule has 0 atom stereocenters. The maximum atomic E-state index is 5.87. The third kappa shape index (κ3) is 7.02. The van der Waals surface area contributed by atoms with Gasteiger partial charge in [0.05, 0.1) is 27.0 Å². The summed E-state index contributed by atoms with van der Waals surface area (Å²) in [6.07, 6.45) is 0. The van der Waals surface area contributed by atoms with E-state index in [0.29, 0.717) is 24.0 Å². The quantitative estimate of drug-likeness (QED) is 0.331. The zero-order chi connectivity index (χ0) is 25.2. The summed E-state index contributed by atoms with van der Waals surface area (Å²) in [5.74, 6) is 2.22. The molecule has 0 aliphatic heterocycles. The Morgan fingerprint density at radius 3 is 1.80 bits per heavy atom. The standard InChI is InChI=1S/C28H35N3O3S/c1-6-30(7-2)23-12-8-21(9-13-23)19-31(20-22-10-14-24(32-3)15-11-22)28(35)29-26-17-16-25(33-4)18-27(26)34-5/h8-18H,6-7,19-20H2,1-5H3,(H,29,35). The van der Waals surface area contributed by atoms with Gasteiger partial charge in [-0.3, -0.25) is 0 Å². The monoisotopic (exact) mass is 493 g/mol. The van der Waals surface area contributed by atoms with E-state index >= 15 is 0 Å². The molecule has 0 bridgehead atoms. The number of benzene rings is 3. The number of rotatable bonds is 11. The molecule has 0 radical (unpaired) electrons. The normalized spacial score (nSPS) is 10.4. The second-order valence-corrected chi connectivity index (χ2v) is 8.43. The highest BCUT2D eigenvalue weighted by atomic mass is 32.1. The first-order valence-electron chi connectivity index (χ1n) is 11.8. The summed E-state index contributed by atoms with van der Waals surface area (Å²) >= 11 is 5.87. The topological polar surface area (TPSA) is 46.2 Å². The van der Waals surface area contributed by atoms with Crippen LogP contribution in [0, 0.1) is 0 Å². The number of thiocarbonyl (C=S) groups is 1. The Bertz CT molecular complexity index is 1080. The summed E-state index contributed by atoms with van der Waals surface area (Å²) in [6, 6.07) is 22.4. The number of anilines is 2. The molecule has 0 amide bonds. The van der Waals surface area contributed by atoms with Crippen LogP contribution in [0.5, 0.6) is 17.2 Å². The van der Waals surface area contributed by atoms with E-state index in [0.717, 1.165) is 35.8 Å². The SMILES string of the molecule is CCN(CC)c1ccc(CN(Cc2ccc(OC)cc2)C(=S)Nc2ccc(OC)cc2OC)cc1. The van der Waals surface area contributed by atoms with E-state index in [1.807, 2.05) is 30.3 Å². The molecule has 3 rings (SSSR count). The molecule has 0 fully saturated rings. The number of nitrogens with one attached hydrogen (secondary N) is 1. The van der Waals surface area contributed by atoms with Crippen molar-refractivity contribution in [1.82, 2.24) is 4.90 Å². The summed E-state index contributed by atoms with van der Waals surface area (Å²) in [5.41, 5.74) is 4.33. The van der Waals surface area contributed by atoms with Crippen LogP contribution in [0.3, 0.4) is 0 Å². The van der Waals surface area contributed by atoms with Gasteiger partial charge in [0.15, 0.2) is 5.11 Å². The lowest BCUT2D eigenvalue weighted by Crippen LogP contribution is -2.34. The molecule has 0 spiro atoms. The van der Waals surface area contributed by atoms with Crippen molar-refractivity contribution in [1.29, 1.82) is 0 Å². The molecule has 7 heteroatoms. The van der Waals surface area contributed by atoms with Crippen molar-refractivity contribution >= 4 is 28.7 Å². The second-order valence-electron chi connectivity index (χ2n) is 8.04. The maximum absolute atomic E-state index is 5.87. The first-order chi connectivity index (χ1) is 17.0. The van der Waals surface area contributed by atoms with E-state index in [-0.39, 0.29) is 0 Å². The van der Waals surface area contributed by atoms with Gasteiger partial charge in [-0.1, -0.05) is 24.3 Å². The Morgan fingerprint density at radius 1 is 0.743 bits per heavy atom. The first-order valence-corrected chi connectivity index (χ1v) is 12.2. The van der Waals surface area contributed by atoms with Crippen LogP contribution >= 0.6 is 12.2 Å². The lowest BCUT2D eigenvalue weighted by molar-refractivity contribution is 0.394. The molecule has 0 saturated heterocycles. The number of methoxy groups -OCH3 is 3. The molecule has 3 aromatic rings. The highest BCUT2D eigenvalue weighted by Crippen LogP contribution is 2.29. The fraction of sp³-hybridized carbons (Fsp3) is 0.321. The maximum Gasteiger partial charge on any atom is 0.174 e. The van der Waals surface area contributed by atoms with Crippen LogP contribution in [0.15, 0.2) is 66.7 Å². The summed E-state index contributed by atoms with van der Waals surface area (Å²) in [5, 5.41) is 3.98. The summed E-state index contributed by atoms with van der Waals surface area (Å²) in [4.78, 5) is 4.48.